The molecule has 0 heterocycles. The maximum Gasteiger partial charge on any atom is 0.287 e. The SMILES string of the molecule is CCCNC(CS(=O)(=O)c1ccccc1[N+](=O)[O-])C1CC1. The van der Waals surface area contributed by atoms with Gasteiger partial charge in [0.1, 0.15) is 4.90 Å². The fourth-order valence-electron chi connectivity index (χ4n) is 2.39. The molecule has 0 saturated heterocycles. The summed E-state index contributed by atoms with van der Waals surface area (Å²) in [5.74, 6) is 0.289. The van der Waals surface area contributed by atoms with Gasteiger partial charge in [-0.3, -0.25) is 10.1 Å². The first-order valence-corrected chi connectivity index (χ1v) is 8.80. The summed E-state index contributed by atoms with van der Waals surface area (Å²) in [4.78, 5) is 10.2. The van der Waals surface area contributed by atoms with Gasteiger partial charge in [-0.15, -0.1) is 0 Å². The molecule has 1 aliphatic carbocycles. The Morgan fingerprint density at radius 2 is 2.05 bits per heavy atom. The average Bonchev–Trinajstić information content (AvgIpc) is 3.28. The lowest BCUT2D eigenvalue weighted by Crippen LogP contribution is -2.38. The molecule has 0 bridgehead atoms. The lowest BCUT2D eigenvalue weighted by Gasteiger charge is -2.18. The zero-order chi connectivity index (χ0) is 15.5. The highest BCUT2D eigenvalue weighted by atomic mass is 32.2. The van der Waals surface area contributed by atoms with E-state index in [4.69, 9.17) is 0 Å². The van der Waals surface area contributed by atoms with Gasteiger partial charge in [-0.1, -0.05) is 19.1 Å². The lowest BCUT2D eigenvalue weighted by atomic mass is 10.2. The smallest absolute Gasteiger partial charge is 0.287 e. The molecule has 1 unspecified atom stereocenters. The second-order valence-electron chi connectivity index (χ2n) is 5.40. The second kappa shape index (κ2) is 6.53. The minimum Gasteiger partial charge on any atom is -0.313 e. The van der Waals surface area contributed by atoms with Crippen molar-refractivity contribution in [3.05, 3.63) is 34.4 Å². The monoisotopic (exact) mass is 312 g/mol. The number of hydrogen-bond acceptors (Lipinski definition) is 5. The molecule has 1 aromatic rings. The lowest BCUT2D eigenvalue weighted by molar-refractivity contribution is -0.387. The van der Waals surface area contributed by atoms with Crippen LogP contribution in [0.4, 0.5) is 5.69 Å². The minimum atomic E-state index is -3.67. The molecule has 1 saturated carbocycles. The highest BCUT2D eigenvalue weighted by Crippen LogP contribution is 2.35. The first-order chi connectivity index (χ1) is 9.95. The molecule has 1 aromatic carbocycles. The summed E-state index contributed by atoms with van der Waals surface area (Å²) >= 11 is 0. The molecule has 7 heteroatoms. The van der Waals surface area contributed by atoms with Crippen LogP contribution in [0.1, 0.15) is 26.2 Å². The molecule has 21 heavy (non-hydrogen) atoms. The molecular weight excluding hydrogens is 292 g/mol. The van der Waals surface area contributed by atoms with E-state index in [1.807, 2.05) is 6.92 Å². The molecule has 0 amide bonds. The minimum absolute atomic E-state index is 0.0808. The summed E-state index contributed by atoms with van der Waals surface area (Å²) in [6.07, 6.45) is 2.97. The van der Waals surface area contributed by atoms with Crippen molar-refractivity contribution >= 4 is 15.5 Å². The fourth-order valence-corrected chi connectivity index (χ4v) is 4.18. The highest BCUT2D eigenvalue weighted by Gasteiger charge is 2.36. The van der Waals surface area contributed by atoms with Gasteiger partial charge in [-0.25, -0.2) is 8.42 Å². The Kier molecular flexibility index (Phi) is 4.95. The van der Waals surface area contributed by atoms with E-state index in [1.165, 1.54) is 24.3 Å². The molecule has 0 aliphatic heterocycles. The Morgan fingerprint density at radius 1 is 1.38 bits per heavy atom. The summed E-state index contributed by atoms with van der Waals surface area (Å²) < 4.78 is 25.0. The molecule has 116 valence electrons. The van der Waals surface area contributed by atoms with E-state index in [-0.39, 0.29) is 22.4 Å². The first-order valence-electron chi connectivity index (χ1n) is 7.15. The Labute approximate surface area is 124 Å². The molecular formula is C14H20N2O4S. The number of nitro groups is 1. The van der Waals surface area contributed by atoms with Crippen LogP contribution in [-0.4, -0.2) is 31.7 Å². The fraction of sp³-hybridized carbons (Fsp3) is 0.571. The maximum absolute atomic E-state index is 12.5. The topological polar surface area (TPSA) is 89.3 Å². The Bertz CT molecular complexity index is 611. The van der Waals surface area contributed by atoms with Gasteiger partial charge >= 0.3 is 0 Å². The summed E-state index contributed by atoms with van der Waals surface area (Å²) in [7, 11) is -3.67. The standard InChI is InChI=1S/C14H20N2O4S/c1-2-9-15-12(11-7-8-11)10-21(19,20)14-6-4-3-5-13(14)16(17)18/h3-6,11-12,15H,2,7-10H2,1H3. The molecule has 2 rings (SSSR count). The van der Waals surface area contributed by atoms with E-state index in [2.05, 4.69) is 5.32 Å². The van der Waals surface area contributed by atoms with Gasteiger partial charge < -0.3 is 5.32 Å². The predicted octanol–water partition coefficient (Wildman–Crippen LogP) is 2.15. The normalized spacial score (nSPS) is 16.6. The van der Waals surface area contributed by atoms with Crippen molar-refractivity contribution < 1.29 is 13.3 Å². The second-order valence-corrected chi connectivity index (χ2v) is 7.41. The number of nitrogens with zero attached hydrogens (tertiary/aromatic N) is 1. The van der Waals surface area contributed by atoms with Crippen LogP contribution in [0.3, 0.4) is 0 Å². The highest BCUT2D eigenvalue weighted by molar-refractivity contribution is 7.91. The number of rotatable bonds is 8. The quantitative estimate of drug-likeness (QED) is 0.587. The molecule has 0 radical (unpaired) electrons. The van der Waals surface area contributed by atoms with Gasteiger partial charge in [-0.05, 0) is 37.8 Å². The zero-order valence-electron chi connectivity index (χ0n) is 12.0. The van der Waals surface area contributed by atoms with Crippen LogP contribution < -0.4 is 5.32 Å². The molecule has 1 aliphatic rings. The van der Waals surface area contributed by atoms with Gasteiger partial charge in [0.2, 0.25) is 0 Å². The van der Waals surface area contributed by atoms with E-state index in [0.29, 0.717) is 5.92 Å². The molecule has 6 nitrogen and oxygen atoms in total. The third-order valence-corrected chi connectivity index (χ3v) is 5.46. The van der Waals surface area contributed by atoms with E-state index in [9.17, 15) is 18.5 Å². The predicted molar refractivity (Wildman–Crippen MR) is 80.0 cm³/mol. The summed E-state index contributed by atoms with van der Waals surface area (Å²) in [6, 6.07) is 5.43. The molecule has 1 N–H and O–H groups in total. The van der Waals surface area contributed by atoms with Crippen LogP contribution in [-0.2, 0) is 9.84 Å². The number of nitrogens with one attached hydrogen (secondary N) is 1. The van der Waals surface area contributed by atoms with Crippen molar-refractivity contribution in [1.82, 2.24) is 5.32 Å². The summed E-state index contributed by atoms with van der Waals surface area (Å²) in [5, 5.41) is 14.3. The van der Waals surface area contributed by atoms with Crippen LogP contribution in [0, 0.1) is 16.0 Å². The van der Waals surface area contributed by atoms with Crippen molar-refractivity contribution in [2.24, 2.45) is 5.92 Å². The van der Waals surface area contributed by atoms with E-state index in [0.717, 1.165) is 25.8 Å². The maximum atomic E-state index is 12.5. The number of para-hydroxylation sites is 1. The van der Waals surface area contributed by atoms with Crippen LogP contribution in [0.5, 0.6) is 0 Å². The van der Waals surface area contributed by atoms with E-state index in [1.54, 1.807) is 0 Å². The largest absolute Gasteiger partial charge is 0.313 e. The number of benzene rings is 1. The Balaban J connectivity index is 2.23. The van der Waals surface area contributed by atoms with Gasteiger partial charge in [-0.2, -0.15) is 0 Å². The average molecular weight is 312 g/mol. The molecule has 0 spiro atoms. The van der Waals surface area contributed by atoms with E-state index >= 15 is 0 Å². The Hall–Kier alpha value is -1.47. The van der Waals surface area contributed by atoms with Gasteiger partial charge in [0.05, 0.1) is 10.7 Å². The van der Waals surface area contributed by atoms with Crippen molar-refractivity contribution in [2.45, 2.75) is 37.1 Å². The van der Waals surface area contributed by atoms with Gasteiger partial charge in [0.15, 0.2) is 9.84 Å². The van der Waals surface area contributed by atoms with Crippen LogP contribution in [0.2, 0.25) is 0 Å². The van der Waals surface area contributed by atoms with Crippen molar-refractivity contribution in [2.75, 3.05) is 12.3 Å². The van der Waals surface area contributed by atoms with Crippen molar-refractivity contribution in [1.29, 1.82) is 0 Å². The molecule has 1 fully saturated rings. The zero-order valence-corrected chi connectivity index (χ0v) is 12.8. The van der Waals surface area contributed by atoms with Gasteiger partial charge in [0, 0.05) is 12.1 Å². The summed E-state index contributed by atoms with van der Waals surface area (Å²) in [5.41, 5.74) is -0.345. The molecule has 1 atom stereocenters. The molecule has 0 aromatic heterocycles. The third kappa shape index (κ3) is 4.01. The van der Waals surface area contributed by atoms with Crippen molar-refractivity contribution in [3.8, 4) is 0 Å². The third-order valence-electron chi connectivity index (χ3n) is 3.64. The number of sulfone groups is 1. The van der Waals surface area contributed by atoms with Crippen molar-refractivity contribution in [3.63, 3.8) is 0 Å². The van der Waals surface area contributed by atoms with Gasteiger partial charge in [0.25, 0.3) is 5.69 Å². The van der Waals surface area contributed by atoms with Crippen LogP contribution >= 0.6 is 0 Å². The Morgan fingerprint density at radius 3 is 2.62 bits per heavy atom. The van der Waals surface area contributed by atoms with E-state index < -0.39 is 14.8 Å². The first kappa shape index (κ1) is 15.9. The van der Waals surface area contributed by atoms with Crippen LogP contribution in [0.15, 0.2) is 29.2 Å². The number of hydrogen-bond donors (Lipinski definition) is 1. The van der Waals surface area contributed by atoms with Crippen LogP contribution in [0.25, 0.3) is 0 Å². The number of nitro benzene ring substituents is 1. The summed E-state index contributed by atoms with van der Waals surface area (Å²) in [6.45, 7) is 2.78.